The van der Waals surface area contributed by atoms with Crippen LogP contribution in [0.3, 0.4) is 0 Å². The fourth-order valence-electron chi connectivity index (χ4n) is 2.99. The van der Waals surface area contributed by atoms with Crippen molar-refractivity contribution in [1.29, 1.82) is 0 Å². The smallest absolute Gasteiger partial charge is 0.269 e. The number of benzene rings is 3. The van der Waals surface area contributed by atoms with Crippen molar-refractivity contribution in [2.75, 3.05) is 0 Å². The number of phenolic OH excluding ortho intramolecular Hbond substituents is 1. The number of non-ortho nitro benzene ring substituents is 1. The summed E-state index contributed by atoms with van der Waals surface area (Å²) in [5, 5.41) is 26.2. The summed E-state index contributed by atoms with van der Waals surface area (Å²) < 4.78 is 0. The molecule has 0 aliphatic heterocycles. The van der Waals surface area contributed by atoms with Crippen molar-refractivity contribution in [1.82, 2.24) is 5.32 Å². The van der Waals surface area contributed by atoms with Gasteiger partial charge in [0.15, 0.2) is 0 Å². The third kappa shape index (κ3) is 3.35. The number of nitrogens with zero attached hydrogens (tertiary/aromatic N) is 1. The van der Waals surface area contributed by atoms with E-state index in [1.807, 2.05) is 24.3 Å². The lowest BCUT2D eigenvalue weighted by atomic mass is 9.92. The average molecular weight is 350 g/mol. The number of nitrogens with one attached hydrogen (secondary N) is 1. The Hall–Kier alpha value is -3.41. The molecule has 0 spiro atoms. The maximum absolute atomic E-state index is 12.1. The number of aromatic hydroxyl groups is 1. The van der Waals surface area contributed by atoms with Gasteiger partial charge in [0, 0.05) is 24.1 Å². The third-order valence-electron chi connectivity index (χ3n) is 4.28. The second-order valence-electron chi connectivity index (χ2n) is 5.93. The van der Waals surface area contributed by atoms with Gasteiger partial charge in [-0.1, -0.05) is 49.4 Å². The molecule has 1 atom stereocenters. The monoisotopic (exact) mass is 350 g/mol. The summed E-state index contributed by atoms with van der Waals surface area (Å²) in [5.41, 5.74) is 0.982. The highest BCUT2D eigenvalue weighted by Gasteiger charge is 2.23. The number of rotatable bonds is 5. The Morgan fingerprint density at radius 3 is 2.65 bits per heavy atom. The van der Waals surface area contributed by atoms with E-state index >= 15 is 0 Å². The Kier molecular flexibility index (Phi) is 4.84. The fourth-order valence-corrected chi connectivity index (χ4v) is 2.99. The topological polar surface area (TPSA) is 92.5 Å². The van der Waals surface area contributed by atoms with Gasteiger partial charge in [0.1, 0.15) is 5.75 Å². The van der Waals surface area contributed by atoms with Crippen LogP contribution in [0.15, 0.2) is 60.7 Å². The minimum Gasteiger partial charge on any atom is -0.508 e. The minimum atomic E-state index is -0.701. The molecule has 0 saturated heterocycles. The van der Waals surface area contributed by atoms with Crippen LogP contribution in [-0.4, -0.2) is 15.9 Å². The molecule has 6 heteroatoms. The molecule has 26 heavy (non-hydrogen) atoms. The molecule has 2 N–H and O–H groups in total. The van der Waals surface area contributed by atoms with Crippen molar-refractivity contribution in [2.45, 2.75) is 19.4 Å². The van der Waals surface area contributed by atoms with Crippen LogP contribution in [0.5, 0.6) is 5.75 Å². The van der Waals surface area contributed by atoms with Gasteiger partial charge in [-0.3, -0.25) is 14.9 Å². The van der Waals surface area contributed by atoms with Crippen molar-refractivity contribution in [2.24, 2.45) is 0 Å². The number of fused-ring (bicyclic) bond motifs is 1. The molecule has 132 valence electrons. The molecule has 0 saturated carbocycles. The van der Waals surface area contributed by atoms with E-state index in [4.69, 9.17) is 0 Å². The van der Waals surface area contributed by atoms with Crippen LogP contribution in [0.25, 0.3) is 10.8 Å². The van der Waals surface area contributed by atoms with Gasteiger partial charge < -0.3 is 10.4 Å². The van der Waals surface area contributed by atoms with Crippen LogP contribution < -0.4 is 5.32 Å². The van der Waals surface area contributed by atoms with Crippen molar-refractivity contribution >= 4 is 22.4 Å². The van der Waals surface area contributed by atoms with Crippen molar-refractivity contribution in [3.8, 4) is 5.75 Å². The number of phenols is 1. The summed E-state index contributed by atoms with van der Waals surface area (Å²) in [6.07, 6.45) is 0.261. The van der Waals surface area contributed by atoms with Crippen LogP contribution in [0.2, 0.25) is 0 Å². The largest absolute Gasteiger partial charge is 0.508 e. The average Bonchev–Trinajstić information content (AvgIpc) is 2.66. The molecule has 0 aliphatic rings. The molecule has 1 amide bonds. The second-order valence-corrected chi connectivity index (χ2v) is 5.93. The van der Waals surface area contributed by atoms with Gasteiger partial charge in [-0.05, 0) is 22.4 Å². The summed E-state index contributed by atoms with van der Waals surface area (Å²) in [4.78, 5) is 22.8. The number of carbonyl (C=O) groups excluding carboxylic acids is 1. The fraction of sp³-hybridized carbons (Fsp3) is 0.150. The molecule has 3 aromatic rings. The first kappa shape index (κ1) is 17.4. The van der Waals surface area contributed by atoms with Crippen LogP contribution in [-0.2, 0) is 4.79 Å². The van der Waals surface area contributed by atoms with Crippen LogP contribution in [0.4, 0.5) is 5.69 Å². The normalized spacial score (nSPS) is 11.9. The van der Waals surface area contributed by atoms with Crippen LogP contribution in [0.1, 0.15) is 30.5 Å². The molecular formula is C20H18N2O4. The van der Waals surface area contributed by atoms with E-state index in [1.165, 1.54) is 12.1 Å². The molecule has 3 aromatic carbocycles. The number of nitro groups is 1. The van der Waals surface area contributed by atoms with E-state index < -0.39 is 11.0 Å². The van der Waals surface area contributed by atoms with E-state index in [9.17, 15) is 20.0 Å². The van der Waals surface area contributed by atoms with E-state index in [-0.39, 0.29) is 23.8 Å². The first-order chi connectivity index (χ1) is 12.5. The van der Waals surface area contributed by atoms with Gasteiger partial charge in [0.05, 0.1) is 11.0 Å². The minimum absolute atomic E-state index is 0.0246. The van der Waals surface area contributed by atoms with Gasteiger partial charge in [-0.15, -0.1) is 0 Å². The van der Waals surface area contributed by atoms with Crippen molar-refractivity contribution in [3.63, 3.8) is 0 Å². The number of carbonyl (C=O) groups is 1. The molecule has 0 heterocycles. The number of nitro benzene ring substituents is 1. The Labute approximate surface area is 150 Å². The number of amides is 1. The molecule has 6 nitrogen and oxygen atoms in total. The van der Waals surface area contributed by atoms with Gasteiger partial charge >= 0.3 is 0 Å². The van der Waals surface area contributed by atoms with Gasteiger partial charge in [-0.25, -0.2) is 0 Å². The van der Waals surface area contributed by atoms with Crippen LogP contribution in [0, 0.1) is 10.1 Å². The van der Waals surface area contributed by atoms with Gasteiger partial charge in [-0.2, -0.15) is 0 Å². The second kappa shape index (κ2) is 7.23. The molecule has 0 unspecified atom stereocenters. The maximum Gasteiger partial charge on any atom is 0.269 e. The Morgan fingerprint density at radius 1 is 1.15 bits per heavy atom. The third-order valence-corrected chi connectivity index (χ3v) is 4.28. The maximum atomic E-state index is 12.1. The van der Waals surface area contributed by atoms with Crippen molar-refractivity contribution < 1.29 is 14.8 Å². The first-order valence-electron chi connectivity index (χ1n) is 8.25. The highest BCUT2D eigenvalue weighted by molar-refractivity contribution is 5.89. The molecule has 0 aromatic heterocycles. The summed E-state index contributed by atoms with van der Waals surface area (Å²) >= 11 is 0. The lowest BCUT2D eigenvalue weighted by Crippen LogP contribution is -2.28. The zero-order chi connectivity index (χ0) is 18.7. The van der Waals surface area contributed by atoms with Crippen LogP contribution >= 0.6 is 0 Å². The predicted molar refractivity (Wildman–Crippen MR) is 99.0 cm³/mol. The summed E-state index contributed by atoms with van der Waals surface area (Å²) in [6, 6.07) is 16.2. The molecule has 3 rings (SSSR count). The first-order valence-corrected chi connectivity index (χ1v) is 8.25. The molecule has 0 aliphatic carbocycles. The van der Waals surface area contributed by atoms with Crippen molar-refractivity contribution in [3.05, 3.63) is 81.9 Å². The van der Waals surface area contributed by atoms with E-state index in [0.29, 0.717) is 11.1 Å². The summed E-state index contributed by atoms with van der Waals surface area (Å²) in [7, 11) is 0. The zero-order valence-corrected chi connectivity index (χ0v) is 14.2. The highest BCUT2D eigenvalue weighted by Crippen LogP contribution is 2.36. The van der Waals surface area contributed by atoms with E-state index in [2.05, 4.69) is 5.32 Å². The van der Waals surface area contributed by atoms with Gasteiger partial charge in [0.2, 0.25) is 5.91 Å². The summed E-state index contributed by atoms with van der Waals surface area (Å²) in [6.45, 7) is 1.72. The molecule has 0 bridgehead atoms. The van der Waals surface area contributed by atoms with E-state index in [0.717, 1.165) is 10.8 Å². The Balaban J connectivity index is 2.23. The van der Waals surface area contributed by atoms with Gasteiger partial charge in [0.25, 0.3) is 5.69 Å². The molecular weight excluding hydrogens is 332 g/mol. The zero-order valence-electron chi connectivity index (χ0n) is 14.2. The quantitative estimate of drug-likeness (QED) is 0.536. The lowest BCUT2D eigenvalue weighted by molar-refractivity contribution is -0.384. The Morgan fingerprint density at radius 2 is 1.92 bits per heavy atom. The Bertz CT molecular complexity index is 984. The standard InChI is InChI=1S/C20H18N2O4/c1-2-18(24)21-20(14-7-5-8-15(12-14)22(25)26)19-16-9-4-3-6-13(16)10-11-17(19)23/h3-12,20,23H,2H2,1H3,(H,21,24)/t20-/m0/s1. The van der Waals surface area contributed by atoms with E-state index in [1.54, 1.807) is 31.2 Å². The highest BCUT2D eigenvalue weighted by atomic mass is 16.6. The lowest BCUT2D eigenvalue weighted by Gasteiger charge is -2.22. The summed E-state index contributed by atoms with van der Waals surface area (Å²) in [5.74, 6) is -0.189. The molecule has 0 fully saturated rings. The molecule has 0 radical (unpaired) electrons. The predicted octanol–water partition coefficient (Wildman–Crippen LogP) is 4.07. The SMILES string of the molecule is CCC(=O)N[C@@H](c1cccc([N+](=O)[O-])c1)c1c(O)ccc2ccccc12. The number of hydrogen-bond acceptors (Lipinski definition) is 4. The number of hydrogen-bond donors (Lipinski definition) is 2.